The molecule has 6 nitrogen and oxygen atoms in total. The number of amides is 2. The summed E-state index contributed by atoms with van der Waals surface area (Å²) in [5.41, 5.74) is 2.79. The Morgan fingerprint density at radius 2 is 1.96 bits per heavy atom. The summed E-state index contributed by atoms with van der Waals surface area (Å²) in [4.78, 5) is 20.6. The van der Waals surface area contributed by atoms with E-state index in [9.17, 15) is 4.79 Å². The van der Waals surface area contributed by atoms with E-state index in [2.05, 4.69) is 20.6 Å². The maximum Gasteiger partial charge on any atom is 0.315 e. The van der Waals surface area contributed by atoms with Crippen LogP contribution in [-0.2, 0) is 6.54 Å². The van der Waals surface area contributed by atoms with Gasteiger partial charge in [-0.25, -0.2) is 9.78 Å². The lowest BCUT2D eigenvalue weighted by atomic mass is 10.1. The van der Waals surface area contributed by atoms with Gasteiger partial charge in [0.15, 0.2) is 0 Å². The molecule has 128 valence electrons. The highest BCUT2D eigenvalue weighted by Gasteiger charge is 2.11. The Labute approximate surface area is 146 Å². The number of nitrogens with one attached hydrogen (secondary N) is 2. The van der Waals surface area contributed by atoms with E-state index in [4.69, 9.17) is 4.74 Å². The first kappa shape index (κ1) is 16.7. The van der Waals surface area contributed by atoms with E-state index in [-0.39, 0.29) is 12.1 Å². The Morgan fingerprint density at radius 3 is 2.72 bits per heavy atom. The molecule has 0 saturated carbocycles. The Morgan fingerprint density at radius 1 is 1.20 bits per heavy atom. The highest BCUT2D eigenvalue weighted by molar-refractivity contribution is 5.83. The van der Waals surface area contributed by atoms with E-state index in [1.807, 2.05) is 49.4 Å². The first-order valence-corrected chi connectivity index (χ1v) is 8.04. The van der Waals surface area contributed by atoms with Crippen molar-refractivity contribution in [2.45, 2.75) is 19.5 Å². The molecular weight excluding hydrogens is 316 g/mol. The van der Waals surface area contributed by atoms with Gasteiger partial charge in [0.2, 0.25) is 5.88 Å². The number of urea groups is 1. The molecule has 0 bridgehead atoms. The molecule has 2 aromatic heterocycles. The second kappa shape index (κ2) is 7.61. The number of rotatable bonds is 5. The summed E-state index contributed by atoms with van der Waals surface area (Å²) in [6.07, 6.45) is 3.42. The lowest BCUT2D eigenvalue weighted by Crippen LogP contribution is -2.36. The van der Waals surface area contributed by atoms with E-state index in [1.165, 1.54) is 0 Å². The molecule has 0 spiro atoms. The van der Waals surface area contributed by atoms with Crippen LogP contribution in [0.5, 0.6) is 5.88 Å². The van der Waals surface area contributed by atoms with E-state index in [0.29, 0.717) is 12.4 Å². The third kappa shape index (κ3) is 4.03. The number of carbonyl (C=O) groups is 1. The van der Waals surface area contributed by atoms with Crippen molar-refractivity contribution in [3.05, 3.63) is 66.0 Å². The number of fused-ring (bicyclic) bond motifs is 1. The minimum absolute atomic E-state index is 0.105. The molecule has 0 aliphatic heterocycles. The predicted molar refractivity (Wildman–Crippen MR) is 96.3 cm³/mol. The first-order chi connectivity index (χ1) is 12.2. The zero-order valence-corrected chi connectivity index (χ0v) is 14.2. The number of hydrogen-bond acceptors (Lipinski definition) is 4. The van der Waals surface area contributed by atoms with Crippen LogP contribution < -0.4 is 15.4 Å². The Hall–Kier alpha value is -3.15. The van der Waals surface area contributed by atoms with Gasteiger partial charge >= 0.3 is 6.03 Å². The zero-order valence-electron chi connectivity index (χ0n) is 14.2. The molecule has 1 atom stereocenters. The largest absolute Gasteiger partial charge is 0.481 e. The van der Waals surface area contributed by atoms with Crippen LogP contribution in [-0.4, -0.2) is 23.1 Å². The van der Waals surface area contributed by atoms with Crippen LogP contribution in [0, 0.1) is 0 Å². The van der Waals surface area contributed by atoms with Crippen LogP contribution in [0.25, 0.3) is 10.9 Å². The monoisotopic (exact) mass is 336 g/mol. The number of benzene rings is 1. The summed E-state index contributed by atoms with van der Waals surface area (Å²) < 4.78 is 5.25. The summed E-state index contributed by atoms with van der Waals surface area (Å²) in [6, 6.07) is 13.0. The van der Waals surface area contributed by atoms with Crippen molar-refractivity contribution in [3.63, 3.8) is 0 Å². The maximum atomic E-state index is 12.2. The normalized spacial score (nSPS) is 11.8. The maximum absolute atomic E-state index is 12.2. The van der Waals surface area contributed by atoms with Gasteiger partial charge < -0.3 is 15.4 Å². The SMILES string of the molecule is COc1cc(CNC(=O)N[C@@H](C)c2ccncc2)c2ccccc2n1. The fraction of sp³-hybridized carbons (Fsp3) is 0.211. The van der Waals surface area contributed by atoms with Crippen LogP contribution in [0.1, 0.15) is 24.1 Å². The molecule has 3 rings (SSSR count). The summed E-state index contributed by atoms with van der Waals surface area (Å²) in [6.45, 7) is 2.31. The molecule has 6 heteroatoms. The quantitative estimate of drug-likeness (QED) is 0.750. The second-order valence-electron chi connectivity index (χ2n) is 5.67. The molecule has 25 heavy (non-hydrogen) atoms. The fourth-order valence-electron chi connectivity index (χ4n) is 2.63. The molecule has 0 radical (unpaired) electrons. The topological polar surface area (TPSA) is 76.1 Å². The van der Waals surface area contributed by atoms with Crippen LogP contribution in [0.3, 0.4) is 0 Å². The number of pyridine rings is 2. The van der Waals surface area contributed by atoms with Gasteiger partial charge in [0.25, 0.3) is 0 Å². The predicted octanol–water partition coefficient (Wildman–Crippen LogP) is 3.20. The van der Waals surface area contributed by atoms with Gasteiger partial charge in [-0.15, -0.1) is 0 Å². The number of carbonyl (C=O) groups excluding carboxylic acids is 1. The number of ether oxygens (including phenoxy) is 1. The minimum atomic E-state index is -0.232. The molecule has 1 aromatic carbocycles. The molecule has 0 unspecified atom stereocenters. The minimum Gasteiger partial charge on any atom is -0.481 e. The number of aromatic nitrogens is 2. The van der Waals surface area contributed by atoms with Crippen molar-refractivity contribution in [1.82, 2.24) is 20.6 Å². The van der Waals surface area contributed by atoms with Gasteiger partial charge in [0.1, 0.15) is 0 Å². The Bertz CT molecular complexity index is 868. The van der Waals surface area contributed by atoms with Crippen molar-refractivity contribution >= 4 is 16.9 Å². The lowest BCUT2D eigenvalue weighted by molar-refractivity contribution is 0.237. The first-order valence-electron chi connectivity index (χ1n) is 8.04. The second-order valence-corrected chi connectivity index (χ2v) is 5.67. The molecular formula is C19H20N4O2. The highest BCUT2D eigenvalue weighted by atomic mass is 16.5. The molecule has 3 aromatic rings. The average molecular weight is 336 g/mol. The van der Waals surface area contributed by atoms with Gasteiger partial charge in [-0.3, -0.25) is 4.98 Å². The van der Waals surface area contributed by atoms with Gasteiger partial charge in [-0.1, -0.05) is 18.2 Å². The fourth-order valence-corrected chi connectivity index (χ4v) is 2.63. The van der Waals surface area contributed by atoms with Crippen LogP contribution in [0.4, 0.5) is 4.79 Å². The summed E-state index contributed by atoms with van der Waals surface area (Å²) in [5.74, 6) is 0.529. The number of nitrogens with zero attached hydrogens (tertiary/aromatic N) is 2. The highest BCUT2D eigenvalue weighted by Crippen LogP contribution is 2.21. The van der Waals surface area contributed by atoms with Gasteiger partial charge in [-0.05, 0) is 36.2 Å². The molecule has 2 N–H and O–H groups in total. The third-order valence-electron chi connectivity index (χ3n) is 3.98. The van der Waals surface area contributed by atoms with Crippen molar-refractivity contribution in [1.29, 1.82) is 0 Å². The molecule has 0 aliphatic carbocycles. The molecule has 0 fully saturated rings. The lowest BCUT2D eigenvalue weighted by Gasteiger charge is -2.15. The summed E-state index contributed by atoms with van der Waals surface area (Å²) in [7, 11) is 1.58. The van der Waals surface area contributed by atoms with Crippen molar-refractivity contribution in [2.24, 2.45) is 0 Å². The molecule has 2 amide bonds. The molecule has 0 aliphatic rings. The van der Waals surface area contributed by atoms with Crippen LogP contribution in [0.15, 0.2) is 54.9 Å². The third-order valence-corrected chi connectivity index (χ3v) is 3.98. The van der Waals surface area contributed by atoms with E-state index in [1.54, 1.807) is 19.5 Å². The van der Waals surface area contributed by atoms with E-state index < -0.39 is 0 Å². The van der Waals surface area contributed by atoms with Crippen molar-refractivity contribution < 1.29 is 9.53 Å². The van der Waals surface area contributed by atoms with Crippen molar-refractivity contribution in [3.8, 4) is 5.88 Å². The summed E-state index contributed by atoms with van der Waals surface area (Å²) >= 11 is 0. The Kier molecular flexibility index (Phi) is 5.09. The van der Waals surface area contributed by atoms with Gasteiger partial charge in [0, 0.05) is 30.4 Å². The number of methoxy groups -OCH3 is 1. The number of para-hydroxylation sites is 1. The van der Waals surface area contributed by atoms with Crippen molar-refractivity contribution in [2.75, 3.05) is 7.11 Å². The zero-order chi connectivity index (χ0) is 17.6. The smallest absolute Gasteiger partial charge is 0.315 e. The average Bonchev–Trinajstić information content (AvgIpc) is 2.66. The molecule has 0 saturated heterocycles. The molecule has 2 heterocycles. The van der Waals surface area contributed by atoms with E-state index in [0.717, 1.165) is 22.0 Å². The van der Waals surface area contributed by atoms with Crippen LogP contribution >= 0.6 is 0 Å². The standard InChI is InChI=1S/C19H20N4O2/c1-13(14-7-9-20-10-8-14)22-19(24)21-12-15-11-18(25-2)23-17-6-4-3-5-16(15)17/h3-11,13H,12H2,1-2H3,(H2,21,22,24)/t13-/m0/s1. The Balaban J connectivity index is 1.69. The summed E-state index contributed by atoms with van der Waals surface area (Å²) in [5, 5.41) is 6.80. The van der Waals surface area contributed by atoms with Gasteiger partial charge in [0.05, 0.1) is 18.7 Å². The van der Waals surface area contributed by atoms with Crippen LogP contribution in [0.2, 0.25) is 0 Å². The van der Waals surface area contributed by atoms with E-state index >= 15 is 0 Å². The number of hydrogen-bond donors (Lipinski definition) is 2. The van der Waals surface area contributed by atoms with Gasteiger partial charge in [-0.2, -0.15) is 0 Å².